The van der Waals surface area contributed by atoms with Crippen LogP contribution in [0.4, 0.5) is 10.5 Å². The second-order valence-corrected chi connectivity index (χ2v) is 5.36. The van der Waals surface area contributed by atoms with Crippen LogP contribution in [0.5, 0.6) is 0 Å². The van der Waals surface area contributed by atoms with Crippen LogP contribution in [0.2, 0.25) is 0 Å². The number of piperidine rings is 1. The molecule has 1 heterocycles. The van der Waals surface area contributed by atoms with E-state index in [1.807, 2.05) is 32.0 Å². The predicted octanol–water partition coefficient (Wildman–Crippen LogP) is 2.03. The zero-order valence-corrected chi connectivity index (χ0v) is 12.0. The summed E-state index contributed by atoms with van der Waals surface area (Å²) in [5, 5.41) is 2.96. The summed E-state index contributed by atoms with van der Waals surface area (Å²) < 4.78 is 0. The lowest BCUT2D eigenvalue weighted by atomic mass is 9.97. The van der Waals surface area contributed by atoms with Gasteiger partial charge in [0.2, 0.25) is 5.91 Å². The number of hydrogen-bond acceptors (Lipinski definition) is 2. The van der Waals surface area contributed by atoms with Gasteiger partial charge in [0.15, 0.2) is 0 Å². The first-order valence-electron chi connectivity index (χ1n) is 6.90. The van der Waals surface area contributed by atoms with Crippen LogP contribution in [0.1, 0.15) is 24.0 Å². The van der Waals surface area contributed by atoms with E-state index in [9.17, 15) is 9.59 Å². The minimum Gasteiger partial charge on any atom is -0.351 e. The van der Waals surface area contributed by atoms with Crippen LogP contribution in [-0.2, 0) is 4.79 Å². The summed E-state index contributed by atoms with van der Waals surface area (Å²) in [6.45, 7) is 5.05. The molecular weight excluding hydrogens is 254 g/mol. The van der Waals surface area contributed by atoms with Gasteiger partial charge in [-0.2, -0.15) is 0 Å². The van der Waals surface area contributed by atoms with E-state index in [4.69, 9.17) is 5.73 Å². The van der Waals surface area contributed by atoms with Gasteiger partial charge in [0.1, 0.15) is 0 Å². The summed E-state index contributed by atoms with van der Waals surface area (Å²) in [6, 6.07) is 5.39. The van der Waals surface area contributed by atoms with Crippen molar-refractivity contribution in [2.45, 2.75) is 26.7 Å². The molecule has 1 fully saturated rings. The molecule has 3 N–H and O–H groups in total. The Morgan fingerprint density at radius 1 is 1.35 bits per heavy atom. The number of carbonyl (C=O) groups excluding carboxylic acids is 2. The molecule has 0 spiro atoms. The molecule has 0 bridgehead atoms. The van der Waals surface area contributed by atoms with E-state index in [0.29, 0.717) is 13.1 Å². The molecule has 20 heavy (non-hydrogen) atoms. The maximum Gasteiger partial charge on any atom is 0.314 e. The fourth-order valence-corrected chi connectivity index (χ4v) is 2.51. The quantitative estimate of drug-likeness (QED) is 0.866. The van der Waals surface area contributed by atoms with Gasteiger partial charge in [0.05, 0.1) is 5.92 Å². The summed E-state index contributed by atoms with van der Waals surface area (Å²) in [5.41, 5.74) is 8.34. The number of aryl methyl sites for hydroxylation is 1. The number of nitrogens with two attached hydrogens (primary N) is 1. The first-order chi connectivity index (χ1) is 9.49. The third kappa shape index (κ3) is 3.10. The van der Waals surface area contributed by atoms with Crippen molar-refractivity contribution in [2.75, 3.05) is 18.4 Å². The van der Waals surface area contributed by atoms with Crippen molar-refractivity contribution in [1.82, 2.24) is 4.90 Å². The Morgan fingerprint density at radius 3 is 2.80 bits per heavy atom. The molecule has 1 aliphatic rings. The number of amides is 3. The van der Waals surface area contributed by atoms with E-state index < -0.39 is 6.03 Å². The number of likely N-dealkylation sites (tertiary alicyclic amines) is 1. The normalized spacial score (nSPS) is 18.7. The Morgan fingerprint density at radius 2 is 2.10 bits per heavy atom. The smallest absolute Gasteiger partial charge is 0.314 e. The van der Waals surface area contributed by atoms with Gasteiger partial charge in [-0.25, -0.2) is 4.79 Å². The number of anilines is 1. The van der Waals surface area contributed by atoms with Gasteiger partial charge in [0.25, 0.3) is 0 Å². The summed E-state index contributed by atoms with van der Waals surface area (Å²) in [4.78, 5) is 25.0. The van der Waals surface area contributed by atoms with E-state index in [1.54, 1.807) is 0 Å². The van der Waals surface area contributed by atoms with Gasteiger partial charge in [-0.15, -0.1) is 0 Å². The summed E-state index contributed by atoms with van der Waals surface area (Å²) in [5.74, 6) is -0.221. The van der Waals surface area contributed by atoms with Gasteiger partial charge >= 0.3 is 6.03 Å². The molecule has 5 heteroatoms. The highest BCUT2D eigenvalue weighted by Crippen LogP contribution is 2.22. The van der Waals surface area contributed by atoms with Gasteiger partial charge in [0, 0.05) is 18.8 Å². The van der Waals surface area contributed by atoms with Crippen LogP contribution >= 0.6 is 0 Å². The molecule has 1 aliphatic heterocycles. The van der Waals surface area contributed by atoms with Crippen LogP contribution in [0.25, 0.3) is 0 Å². The average Bonchev–Trinajstić information content (AvgIpc) is 2.44. The Labute approximate surface area is 119 Å². The number of primary amides is 1. The highest BCUT2D eigenvalue weighted by Gasteiger charge is 2.27. The minimum absolute atomic E-state index is 0.0374. The van der Waals surface area contributed by atoms with Crippen molar-refractivity contribution in [2.24, 2.45) is 11.7 Å². The second kappa shape index (κ2) is 5.94. The average molecular weight is 275 g/mol. The third-order valence-corrected chi connectivity index (χ3v) is 3.97. The second-order valence-electron chi connectivity index (χ2n) is 5.36. The lowest BCUT2D eigenvalue weighted by Gasteiger charge is -2.30. The maximum atomic E-state index is 12.3. The lowest BCUT2D eigenvalue weighted by molar-refractivity contribution is -0.121. The van der Waals surface area contributed by atoms with E-state index in [0.717, 1.165) is 29.7 Å². The van der Waals surface area contributed by atoms with Crippen molar-refractivity contribution >= 4 is 17.6 Å². The summed E-state index contributed by atoms with van der Waals surface area (Å²) in [6.07, 6.45) is 1.61. The molecule has 1 atom stereocenters. The van der Waals surface area contributed by atoms with Gasteiger partial charge in [-0.3, -0.25) is 4.79 Å². The van der Waals surface area contributed by atoms with Gasteiger partial charge < -0.3 is 16.0 Å². The maximum absolute atomic E-state index is 12.3. The molecular formula is C15H21N3O2. The van der Waals surface area contributed by atoms with Crippen molar-refractivity contribution in [3.8, 4) is 0 Å². The fourth-order valence-electron chi connectivity index (χ4n) is 2.51. The topological polar surface area (TPSA) is 75.4 Å². The highest BCUT2D eigenvalue weighted by atomic mass is 16.2. The fraction of sp³-hybridized carbons (Fsp3) is 0.467. The molecule has 0 radical (unpaired) electrons. The van der Waals surface area contributed by atoms with Gasteiger partial charge in [-0.1, -0.05) is 12.1 Å². The molecule has 0 saturated carbocycles. The van der Waals surface area contributed by atoms with Crippen molar-refractivity contribution < 1.29 is 9.59 Å². The number of urea groups is 1. The molecule has 3 amide bonds. The number of nitrogens with one attached hydrogen (secondary N) is 1. The molecule has 1 aromatic rings. The van der Waals surface area contributed by atoms with Crippen LogP contribution in [0.3, 0.4) is 0 Å². The van der Waals surface area contributed by atoms with E-state index in [2.05, 4.69) is 5.32 Å². The third-order valence-electron chi connectivity index (χ3n) is 3.97. The van der Waals surface area contributed by atoms with Crippen molar-refractivity contribution in [1.29, 1.82) is 0 Å². The standard InChI is InChI=1S/C15H21N3O2/c1-10-5-3-7-13(11(10)2)17-14(19)12-6-4-8-18(9-12)15(16)20/h3,5,7,12H,4,6,8-9H2,1-2H3,(H2,16,20)(H,17,19)/t12-/m1/s1. The van der Waals surface area contributed by atoms with E-state index >= 15 is 0 Å². The monoisotopic (exact) mass is 275 g/mol. The lowest BCUT2D eigenvalue weighted by Crippen LogP contribution is -2.46. The number of carbonyl (C=O) groups is 2. The molecule has 5 nitrogen and oxygen atoms in total. The molecule has 0 aliphatic carbocycles. The van der Waals surface area contributed by atoms with Crippen LogP contribution in [0.15, 0.2) is 18.2 Å². The zero-order valence-electron chi connectivity index (χ0n) is 12.0. The highest BCUT2D eigenvalue weighted by molar-refractivity contribution is 5.94. The minimum atomic E-state index is -0.450. The Kier molecular flexibility index (Phi) is 4.27. The number of benzene rings is 1. The van der Waals surface area contributed by atoms with E-state index in [-0.39, 0.29) is 11.8 Å². The Balaban J connectivity index is 2.04. The molecule has 0 unspecified atom stereocenters. The molecule has 108 valence electrons. The first kappa shape index (κ1) is 14.4. The molecule has 0 aromatic heterocycles. The number of hydrogen-bond donors (Lipinski definition) is 2. The number of nitrogens with zero attached hydrogens (tertiary/aromatic N) is 1. The first-order valence-corrected chi connectivity index (χ1v) is 6.90. The summed E-state index contributed by atoms with van der Waals surface area (Å²) >= 11 is 0. The van der Waals surface area contributed by atoms with Crippen LogP contribution < -0.4 is 11.1 Å². The molecule has 2 rings (SSSR count). The van der Waals surface area contributed by atoms with Crippen LogP contribution in [-0.4, -0.2) is 29.9 Å². The van der Waals surface area contributed by atoms with Gasteiger partial charge in [-0.05, 0) is 43.9 Å². The largest absolute Gasteiger partial charge is 0.351 e. The Bertz CT molecular complexity index is 528. The molecule has 1 saturated heterocycles. The Hall–Kier alpha value is -2.04. The van der Waals surface area contributed by atoms with Crippen molar-refractivity contribution in [3.05, 3.63) is 29.3 Å². The summed E-state index contributed by atoms with van der Waals surface area (Å²) in [7, 11) is 0. The van der Waals surface area contributed by atoms with E-state index in [1.165, 1.54) is 4.90 Å². The SMILES string of the molecule is Cc1cccc(NC(=O)[C@@H]2CCCN(C(N)=O)C2)c1C. The zero-order chi connectivity index (χ0) is 14.7. The van der Waals surface area contributed by atoms with Crippen molar-refractivity contribution in [3.63, 3.8) is 0 Å². The van der Waals surface area contributed by atoms with Crippen LogP contribution in [0, 0.1) is 19.8 Å². The predicted molar refractivity (Wildman–Crippen MR) is 78.4 cm³/mol. The number of rotatable bonds is 2. The molecule has 1 aromatic carbocycles.